The van der Waals surface area contributed by atoms with E-state index in [2.05, 4.69) is 10.5 Å². The summed E-state index contributed by atoms with van der Waals surface area (Å²) in [4.78, 5) is 30.3. The van der Waals surface area contributed by atoms with Gasteiger partial charge in [-0.1, -0.05) is 5.16 Å². The molecule has 2 amide bonds. The first kappa shape index (κ1) is 20.1. The molecule has 0 spiro atoms. The number of nitrogens with one attached hydrogen (secondary N) is 1. The molecule has 8 heteroatoms. The van der Waals surface area contributed by atoms with Crippen LogP contribution in [0.1, 0.15) is 41.5 Å². The highest BCUT2D eigenvalue weighted by Crippen LogP contribution is 2.18. The molecule has 1 N–H and O–H groups in total. The molecule has 1 aliphatic rings. The van der Waals surface area contributed by atoms with Crippen molar-refractivity contribution in [2.45, 2.75) is 52.7 Å². The zero-order chi connectivity index (χ0) is 18.5. The van der Waals surface area contributed by atoms with Gasteiger partial charge in [0.05, 0.1) is 12.3 Å². The fourth-order valence-electron chi connectivity index (χ4n) is 2.15. The molecular weight excluding hydrogens is 314 g/mol. The Balaban J connectivity index is 2.64. The molecule has 138 valence electrons. The van der Waals surface area contributed by atoms with Crippen LogP contribution in [0.5, 0.6) is 0 Å². The van der Waals surface area contributed by atoms with Gasteiger partial charge in [0.2, 0.25) is 0 Å². The predicted molar refractivity (Wildman–Crippen MR) is 90.0 cm³/mol. The van der Waals surface area contributed by atoms with Gasteiger partial charge in [-0.2, -0.15) is 0 Å². The highest BCUT2D eigenvalue weighted by Gasteiger charge is 2.35. The van der Waals surface area contributed by atoms with Crippen LogP contribution >= 0.6 is 0 Å². The van der Waals surface area contributed by atoms with E-state index < -0.39 is 23.4 Å². The molecule has 1 aliphatic heterocycles. The minimum absolute atomic E-state index is 0.148. The highest BCUT2D eigenvalue weighted by atomic mass is 16.6. The number of likely N-dealkylation sites (tertiary alicyclic amines) is 1. The molecule has 1 rings (SSSR count). The molecular formula is C16H29N3O5. The van der Waals surface area contributed by atoms with Crippen LogP contribution in [0.3, 0.4) is 0 Å². The third-order valence-electron chi connectivity index (χ3n) is 3.02. The molecule has 0 aromatic heterocycles. The molecule has 0 aliphatic carbocycles. The normalized spacial score (nSPS) is 20.0. The first-order valence-electron chi connectivity index (χ1n) is 7.96. The second-order valence-electron chi connectivity index (χ2n) is 7.71. The first-order valence-corrected chi connectivity index (χ1v) is 7.96. The van der Waals surface area contributed by atoms with E-state index >= 15 is 0 Å². The van der Waals surface area contributed by atoms with Crippen molar-refractivity contribution in [3.8, 4) is 0 Å². The lowest BCUT2D eigenvalue weighted by Gasteiger charge is -2.24. The molecule has 1 heterocycles. The number of amides is 2. The lowest BCUT2D eigenvalue weighted by molar-refractivity contribution is 0.0292. The lowest BCUT2D eigenvalue weighted by atomic mass is 10.1. The topological polar surface area (TPSA) is 89.5 Å². The van der Waals surface area contributed by atoms with Crippen molar-refractivity contribution in [1.29, 1.82) is 0 Å². The van der Waals surface area contributed by atoms with Gasteiger partial charge in [0, 0.05) is 19.0 Å². The fourth-order valence-corrected chi connectivity index (χ4v) is 2.15. The second-order valence-corrected chi connectivity index (χ2v) is 7.71. The Hall–Kier alpha value is -1.99. The van der Waals surface area contributed by atoms with Crippen molar-refractivity contribution in [3.05, 3.63) is 0 Å². The van der Waals surface area contributed by atoms with E-state index in [0.717, 1.165) is 0 Å². The minimum Gasteiger partial charge on any atom is -0.444 e. The third-order valence-corrected chi connectivity index (χ3v) is 3.02. The number of hydrogen-bond acceptors (Lipinski definition) is 6. The maximum absolute atomic E-state index is 12.2. The van der Waals surface area contributed by atoms with Crippen molar-refractivity contribution >= 4 is 17.9 Å². The van der Waals surface area contributed by atoms with Crippen molar-refractivity contribution in [2.24, 2.45) is 11.1 Å². The van der Waals surface area contributed by atoms with Gasteiger partial charge < -0.3 is 24.5 Å². The number of hydrogen-bond donors (Lipinski definition) is 1. The molecule has 0 bridgehead atoms. The Morgan fingerprint density at radius 1 is 1.17 bits per heavy atom. The van der Waals surface area contributed by atoms with Gasteiger partial charge in [0.25, 0.3) is 0 Å². The van der Waals surface area contributed by atoms with Crippen molar-refractivity contribution in [2.75, 3.05) is 26.7 Å². The number of rotatable bonds is 3. The van der Waals surface area contributed by atoms with E-state index in [0.29, 0.717) is 25.3 Å². The van der Waals surface area contributed by atoms with Gasteiger partial charge in [0.1, 0.15) is 18.3 Å². The molecule has 1 fully saturated rings. The molecule has 0 aromatic rings. The molecule has 1 unspecified atom stereocenters. The van der Waals surface area contributed by atoms with Gasteiger partial charge in [-0.25, -0.2) is 9.59 Å². The molecule has 24 heavy (non-hydrogen) atoms. The molecule has 8 nitrogen and oxygen atoms in total. The third kappa shape index (κ3) is 7.06. The number of carbonyl (C=O) groups excluding carboxylic acids is 2. The summed E-state index contributed by atoms with van der Waals surface area (Å²) in [5.74, 6) is -0.148. The Labute approximate surface area is 143 Å². The van der Waals surface area contributed by atoms with Crippen LogP contribution in [0.2, 0.25) is 0 Å². The maximum Gasteiger partial charge on any atom is 0.410 e. The monoisotopic (exact) mass is 343 g/mol. The highest BCUT2D eigenvalue weighted by molar-refractivity contribution is 5.94. The zero-order valence-corrected chi connectivity index (χ0v) is 15.6. The summed E-state index contributed by atoms with van der Waals surface area (Å²) in [6.07, 6.45) is -0.916. The molecule has 0 aromatic carbocycles. The Morgan fingerprint density at radius 3 is 2.25 bits per heavy atom. The van der Waals surface area contributed by atoms with Crippen LogP contribution in [0.4, 0.5) is 9.59 Å². The van der Waals surface area contributed by atoms with Crippen LogP contribution < -0.4 is 5.32 Å². The summed E-state index contributed by atoms with van der Waals surface area (Å²) < 4.78 is 10.6. The van der Waals surface area contributed by atoms with Crippen LogP contribution in [0, 0.1) is 5.92 Å². The van der Waals surface area contributed by atoms with E-state index in [1.165, 1.54) is 7.11 Å². The van der Waals surface area contributed by atoms with Crippen molar-refractivity contribution < 1.29 is 23.9 Å². The minimum atomic E-state index is -0.567. The number of oxime groups is 1. The maximum atomic E-state index is 12.2. The van der Waals surface area contributed by atoms with E-state index in [1.807, 2.05) is 20.8 Å². The summed E-state index contributed by atoms with van der Waals surface area (Å²) in [6, 6.07) is 0. The van der Waals surface area contributed by atoms with Crippen LogP contribution in [0.15, 0.2) is 5.16 Å². The summed E-state index contributed by atoms with van der Waals surface area (Å²) in [5, 5.41) is 6.66. The first-order chi connectivity index (χ1) is 10.9. The largest absolute Gasteiger partial charge is 0.444 e. The van der Waals surface area contributed by atoms with Gasteiger partial charge in [-0.05, 0) is 41.5 Å². The van der Waals surface area contributed by atoms with E-state index in [1.54, 1.807) is 25.7 Å². The Bertz CT molecular complexity index is 491. The summed E-state index contributed by atoms with van der Waals surface area (Å²) >= 11 is 0. The smallest absolute Gasteiger partial charge is 0.410 e. The number of carbonyl (C=O) groups is 2. The van der Waals surface area contributed by atoms with Gasteiger partial charge >= 0.3 is 12.2 Å². The Kier molecular flexibility index (Phi) is 6.45. The number of ether oxygens (including phenoxy) is 2. The summed E-state index contributed by atoms with van der Waals surface area (Å²) in [6.45, 7) is 11.8. The SMILES string of the molecule is CON=C1CN(C(=O)OC(C)(C)C)CC1CNC(=O)OC(C)(C)C. The molecule has 1 atom stereocenters. The number of alkyl carbamates (subject to hydrolysis) is 1. The Morgan fingerprint density at radius 2 is 1.75 bits per heavy atom. The average molecular weight is 343 g/mol. The van der Waals surface area contributed by atoms with Crippen LogP contribution in [0.25, 0.3) is 0 Å². The van der Waals surface area contributed by atoms with Crippen LogP contribution in [-0.4, -0.2) is 60.7 Å². The predicted octanol–water partition coefficient (Wildman–Crippen LogP) is 2.38. The quantitative estimate of drug-likeness (QED) is 0.795. The van der Waals surface area contributed by atoms with E-state index in [9.17, 15) is 9.59 Å². The van der Waals surface area contributed by atoms with Gasteiger partial charge in [-0.15, -0.1) is 0 Å². The summed E-state index contributed by atoms with van der Waals surface area (Å²) in [7, 11) is 1.45. The second kappa shape index (κ2) is 7.72. The molecule has 0 radical (unpaired) electrons. The standard InChI is InChI=1S/C16H29N3O5/c1-15(2,3)23-13(20)17-8-11-9-19(10-12(11)18-22-7)14(21)24-16(4,5)6/h11H,8-10H2,1-7H3,(H,17,20). The lowest BCUT2D eigenvalue weighted by Crippen LogP contribution is -2.38. The fraction of sp³-hybridized carbons (Fsp3) is 0.812. The van der Waals surface area contributed by atoms with E-state index in [4.69, 9.17) is 14.3 Å². The number of nitrogens with zero attached hydrogens (tertiary/aromatic N) is 2. The summed E-state index contributed by atoms with van der Waals surface area (Å²) in [5.41, 5.74) is -0.451. The molecule has 0 saturated carbocycles. The van der Waals surface area contributed by atoms with Gasteiger partial charge in [0.15, 0.2) is 0 Å². The van der Waals surface area contributed by atoms with Crippen molar-refractivity contribution in [3.63, 3.8) is 0 Å². The van der Waals surface area contributed by atoms with Gasteiger partial charge in [-0.3, -0.25) is 0 Å². The molecule has 1 saturated heterocycles. The van der Waals surface area contributed by atoms with Crippen molar-refractivity contribution in [1.82, 2.24) is 10.2 Å². The van der Waals surface area contributed by atoms with E-state index in [-0.39, 0.29) is 5.92 Å². The van der Waals surface area contributed by atoms with Crippen LogP contribution in [-0.2, 0) is 14.3 Å². The average Bonchev–Trinajstić information content (AvgIpc) is 2.76. The zero-order valence-electron chi connectivity index (χ0n) is 15.6.